The highest BCUT2D eigenvalue weighted by Gasteiger charge is 2.31. The van der Waals surface area contributed by atoms with Gasteiger partial charge >= 0.3 is 12.0 Å². The second-order valence-electron chi connectivity index (χ2n) is 5.37. The number of carbonyl (C=O) groups excluding carboxylic acids is 1. The Bertz CT molecular complexity index is 345. The largest absolute Gasteiger partial charge is 0.480 e. The molecule has 0 saturated carbocycles. The number of amides is 2. The molecule has 0 spiro atoms. The standard InChI is InChI=1S/C13H24N4O3/c18-12(19)11-3-1-2-7-17(11)13(20)15-6-10-16-8-4-14-5-9-16/h11,14H,1-10H2,(H,15,20)(H,18,19). The first-order valence-electron chi connectivity index (χ1n) is 7.39. The van der Waals surface area contributed by atoms with Crippen LogP contribution >= 0.6 is 0 Å². The van der Waals surface area contributed by atoms with Crippen LogP contribution in [0, 0.1) is 0 Å². The lowest BCUT2D eigenvalue weighted by molar-refractivity contribution is -0.143. The van der Waals surface area contributed by atoms with E-state index >= 15 is 0 Å². The van der Waals surface area contributed by atoms with Gasteiger partial charge in [-0.3, -0.25) is 4.90 Å². The quantitative estimate of drug-likeness (QED) is 0.650. The van der Waals surface area contributed by atoms with Gasteiger partial charge in [0.25, 0.3) is 0 Å². The van der Waals surface area contributed by atoms with Crippen molar-refractivity contribution < 1.29 is 14.7 Å². The topological polar surface area (TPSA) is 84.9 Å². The molecule has 3 N–H and O–H groups in total. The van der Waals surface area contributed by atoms with E-state index in [1.807, 2.05) is 0 Å². The fourth-order valence-electron chi connectivity index (χ4n) is 2.79. The monoisotopic (exact) mass is 284 g/mol. The molecule has 114 valence electrons. The first kappa shape index (κ1) is 15.1. The van der Waals surface area contributed by atoms with Crippen molar-refractivity contribution in [2.24, 2.45) is 0 Å². The predicted molar refractivity (Wildman–Crippen MR) is 74.7 cm³/mol. The number of urea groups is 1. The van der Waals surface area contributed by atoms with Crippen LogP contribution in [0.3, 0.4) is 0 Å². The van der Waals surface area contributed by atoms with E-state index in [1.165, 1.54) is 4.90 Å². The van der Waals surface area contributed by atoms with Gasteiger partial charge in [0.1, 0.15) is 6.04 Å². The highest BCUT2D eigenvalue weighted by molar-refractivity contribution is 5.82. The Kier molecular flexibility index (Phi) is 5.60. The molecular weight excluding hydrogens is 260 g/mol. The molecule has 2 fully saturated rings. The molecule has 2 heterocycles. The number of carboxylic acid groups (broad SMARTS) is 1. The smallest absolute Gasteiger partial charge is 0.326 e. The van der Waals surface area contributed by atoms with Crippen molar-refractivity contribution in [1.29, 1.82) is 0 Å². The van der Waals surface area contributed by atoms with Gasteiger partial charge in [0.05, 0.1) is 0 Å². The van der Waals surface area contributed by atoms with Crippen molar-refractivity contribution in [2.45, 2.75) is 25.3 Å². The van der Waals surface area contributed by atoms with E-state index in [0.29, 0.717) is 19.5 Å². The molecular formula is C13H24N4O3. The van der Waals surface area contributed by atoms with E-state index in [2.05, 4.69) is 15.5 Å². The summed E-state index contributed by atoms with van der Waals surface area (Å²) in [5, 5.41) is 15.3. The summed E-state index contributed by atoms with van der Waals surface area (Å²) in [6.07, 6.45) is 2.32. The number of hydrogen-bond acceptors (Lipinski definition) is 4. The molecule has 20 heavy (non-hydrogen) atoms. The first-order valence-corrected chi connectivity index (χ1v) is 7.39. The molecule has 2 rings (SSSR count). The van der Waals surface area contributed by atoms with Crippen LogP contribution in [0.2, 0.25) is 0 Å². The van der Waals surface area contributed by atoms with Crippen molar-refractivity contribution in [3.63, 3.8) is 0 Å². The van der Waals surface area contributed by atoms with Gasteiger partial charge in [0.2, 0.25) is 0 Å². The molecule has 2 saturated heterocycles. The summed E-state index contributed by atoms with van der Waals surface area (Å²) in [5.41, 5.74) is 0. The van der Waals surface area contributed by atoms with Crippen molar-refractivity contribution >= 4 is 12.0 Å². The Morgan fingerprint density at radius 3 is 2.65 bits per heavy atom. The van der Waals surface area contributed by atoms with Crippen molar-refractivity contribution in [2.75, 3.05) is 45.8 Å². The van der Waals surface area contributed by atoms with Crippen LogP contribution < -0.4 is 10.6 Å². The Morgan fingerprint density at radius 1 is 1.20 bits per heavy atom. The zero-order valence-corrected chi connectivity index (χ0v) is 11.8. The molecule has 0 aromatic carbocycles. The predicted octanol–water partition coefficient (Wildman–Crippen LogP) is -0.460. The van der Waals surface area contributed by atoms with E-state index in [1.54, 1.807) is 0 Å². The number of piperazine rings is 1. The minimum Gasteiger partial charge on any atom is -0.480 e. The summed E-state index contributed by atoms with van der Waals surface area (Å²) in [7, 11) is 0. The maximum atomic E-state index is 12.1. The Balaban J connectivity index is 1.73. The molecule has 7 nitrogen and oxygen atoms in total. The van der Waals surface area contributed by atoms with Gasteiger partial charge in [-0.1, -0.05) is 0 Å². The lowest BCUT2D eigenvalue weighted by Crippen LogP contribution is -2.53. The molecule has 1 unspecified atom stereocenters. The number of aliphatic carboxylic acids is 1. The summed E-state index contributed by atoms with van der Waals surface area (Å²) >= 11 is 0. The second-order valence-corrected chi connectivity index (χ2v) is 5.37. The van der Waals surface area contributed by atoms with Gasteiger partial charge in [-0.05, 0) is 19.3 Å². The van der Waals surface area contributed by atoms with Gasteiger partial charge in [-0.15, -0.1) is 0 Å². The number of likely N-dealkylation sites (tertiary alicyclic amines) is 1. The number of rotatable bonds is 4. The number of carbonyl (C=O) groups is 2. The Morgan fingerprint density at radius 2 is 1.95 bits per heavy atom. The summed E-state index contributed by atoms with van der Waals surface area (Å²) in [6, 6.07) is -0.907. The van der Waals surface area contributed by atoms with Gasteiger partial charge < -0.3 is 20.6 Å². The lowest BCUT2D eigenvalue weighted by atomic mass is 10.0. The second kappa shape index (κ2) is 7.44. The van der Waals surface area contributed by atoms with Crippen molar-refractivity contribution in [3.05, 3.63) is 0 Å². The van der Waals surface area contributed by atoms with Gasteiger partial charge in [-0.25, -0.2) is 9.59 Å². The lowest BCUT2D eigenvalue weighted by Gasteiger charge is -2.33. The van der Waals surface area contributed by atoms with Crippen molar-refractivity contribution in [3.8, 4) is 0 Å². The Labute approximate surface area is 119 Å². The molecule has 1 atom stereocenters. The fourth-order valence-corrected chi connectivity index (χ4v) is 2.79. The third kappa shape index (κ3) is 4.08. The molecule has 0 bridgehead atoms. The number of piperidine rings is 1. The number of nitrogens with zero attached hydrogens (tertiary/aromatic N) is 2. The average Bonchev–Trinajstić information content (AvgIpc) is 2.48. The average molecular weight is 284 g/mol. The van der Waals surface area contributed by atoms with Gasteiger partial charge in [-0.2, -0.15) is 0 Å². The van der Waals surface area contributed by atoms with Crippen molar-refractivity contribution in [1.82, 2.24) is 20.4 Å². The third-order valence-corrected chi connectivity index (χ3v) is 3.96. The number of carboxylic acids is 1. The highest BCUT2D eigenvalue weighted by Crippen LogP contribution is 2.17. The molecule has 0 radical (unpaired) electrons. The minimum absolute atomic E-state index is 0.243. The van der Waals surface area contributed by atoms with Gasteiger partial charge in [0.15, 0.2) is 0 Å². The van der Waals surface area contributed by atoms with Crippen LogP contribution in [-0.2, 0) is 4.79 Å². The summed E-state index contributed by atoms with van der Waals surface area (Å²) in [6.45, 7) is 5.90. The zero-order chi connectivity index (χ0) is 14.4. The van der Waals surface area contributed by atoms with E-state index in [-0.39, 0.29) is 6.03 Å². The summed E-state index contributed by atoms with van der Waals surface area (Å²) in [4.78, 5) is 27.0. The normalized spacial score (nSPS) is 24.4. The molecule has 0 aliphatic carbocycles. The molecule has 7 heteroatoms. The van der Waals surface area contributed by atoms with Crippen LogP contribution in [-0.4, -0.2) is 78.8 Å². The van der Waals surface area contributed by atoms with Crippen LogP contribution in [0.4, 0.5) is 4.79 Å². The van der Waals surface area contributed by atoms with Crippen LogP contribution in [0.1, 0.15) is 19.3 Å². The van der Waals surface area contributed by atoms with Crippen LogP contribution in [0.15, 0.2) is 0 Å². The van der Waals surface area contributed by atoms with E-state index in [9.17, 15) is 9.59 Å². The number of hydrogen-bond donors (Lipinski definition) is 3. The molecule has 2 aliphatic rings. The van der Waals surface area contributed by atoms with E-state index in [0.717, 1.165) is 45.6 Å². The van der Waals surface area contributed by atoms with Crippen LogP contribution in [0.5, 0.6) is 0 Å². The fraction of sp³-hybridized carbons (Fsp3) is 0.846. The summed E-state index contributed by atoms with van der Waals surface area (Å²) in [5.74, 6) is -0.901. The molecule has 0 aromatic heterocycles. The third-order valence-electron chi connectivity index (χ3n) is 3.96. The maximum Gasteiger partial charge on any atom is 0.326 e. The van der Waals surface area contributed by atoms with E-state index < -0.39 is 12.0 Å². The van der Waals surface area contributed by atoms with E-state index in [4.69, 9.17) is 5.11 Å². The molecule has 2 aliphatic heterocycles. The zero-order valence-electron chi connectivity index (χ0n) is 11.8. The maximum absolute atomic E-state index is 12.1. The van der Waals surface area contributed by atoms with Crippen LogP contribution in [0.25, 0.3) is 0 Å². The SMILES string of the molecule is O=C(O)C1CCCCN1C(=O)NCCN1CCNCC1. The molecule has 2 amide bonds. The minimum atomic E-state index is -0.901. The Hall–Kier alpha value is -1.34. The number of nitrogens with one attached hydrogen (secondary N) is 2. The highest BCUT2D eigenvalue weighted by atomic mass is 16.4. The molecule has 0 aromatic rings. The summed E-state index contributed by atoms with van der Waals surface area (Å²) < 4.78 is 0. The van der Waals surface area contributed by atoms with Gasteiger partial charge in [0, 0.05) is 45.8 Å². The first-order chi connectivity index (χ1) is 9.68.